The second kappa shape index (κ2) is 14.0. The monoisotopic (exact) mass is 688 g/mol. The van der Waals surface area contributed by atoms with Crippen molar-refractivity contribution in [3.63, 3.8) is 0 Å². The number of methoxy groups -OCH3 is 1. The molecule has 1 aliphatic heterocycles. The van der Waals surface area contributed by atoms with Gasteiger partial charge in [-0.2, -0.15) is 0 Å². The highest BCUT2D eigenvalue weighted by Crippen LogP contribution is 2.38. The van der Waals surface area contributed by atoms with Gasteiger partial charge >= 0.3 is 5.97 Å². The number of thiazole rings is 1. The number of fused-ring (bicyclic) bond motifs is 1. The highest BCUT2D eigenvalue weighted by Gasteiger charge is 2.35. The van der Waals surface area contributed by atoms with E-state index in [-0.39, 0.29) is 23.8 Å². The third-order valence-corrected chi connectivity index (χ3v) is 8.92. The van der Waals surface area contributed by atoms with Crippen molar-refractivity contribution in [1.82, 2.24) is 4.57 Å². The molecule has 4 aromatic carbocycles. The number of carbonyl (C=O) groups is 1. The van der Waals surface area contributed by atoms with Crippen molar-refractivity contribution >= 4 is 52.3 Å². The molecule has 6 rings (SSSR count). The zero-order valence-corrected chi connectivity index (χ0v) is 27.5. The van der Waals surface area contributed by atoms with Crippen LogP contribution in [0.4, 0.5) is 4.39 Å². The molecule has 5 aromatic rings. The summed E-state index contributed by atoms with van der Waals surface area (Å²) in [6, 6.07) is 24.6. The fourth-order valence-corrected chi connectivity index (χ4v) is 6.65. The minimum absolute atomic E-state index is 0.118. The highest BCUT2D eigenvalue weighted by molar-refractivity contribution is 7.07. The number of aromatic nitrogens is 1. The van der Waals surface area contributed by atoms with E-state index in [1.165, 1.54) is 23.8 Å². The van der Waals surface area contributed by atoms with E-state index in [2.05, 4.69) is 0 Å². The van der Waals surface area contributed by atoms with Gasteiger partial charge in [0.25, 0.3) is 5.56 Å². The predicted molar refractivity (Wildman–Crippen MR) is 181 cm³/mol. The average molecular weight is 690 g/mol. The van der Waals surface area contributed by atoms with Crippen LogP contribution in [0.1, 0.15) is 35.2 Å². The van der Waals surface area contributed by atoms with Gasteiger partial charge < -0.3 is 14.2 Å². The van der Waals surface area contributed by atoms with Crippen LogP contribution in [0.25, 0.3) is 11.8 Å². The summed E-state index contributed by atoms with van der Waals surface area (Å²) in [5.74, 6) is -0.335. The van der Waals surface area contributed by atoms with Crippen LogP contribution in [0.5, 0.6) is 11.5 Å². The van der Waals surface area contributed by atoms with Gasteiger partial charge in [0, 0.05) is 10.6 Å². The van der Waals surface area contributed by atoms with Gasteiger partial charge in [0.1, 0.15) is 12.4 Å². The van der Waals surface area contributed by atoms with Gasteiger partial charge in [-0.15, -0.1) is 0 Å². The van der Waals surface area contributed by atoms with Crippen molar-refractivity contribution < 1.29 is 23.4 Å². The first-order valence-corrected chi connectivity index (χ1v) is 16.1. The smallest absolute Gasteiger partial charge is 0.338 e. The largest absolute Gasteiger partial charge is 0.493 e. The Balaban J connectivity index is 1.48. The summed E-state index contributed by atoms with van der Waals surface area (Å²) < 4.78 is 32.9. The van der Waals surface area contributed by atoms with Gasteiger partial charge in [0.15, 0.2) is 16.3 Å². The van der Waals surface area contributed by atoms with Crippen LogP contribution in [-0.4, -0.2) is 24.3 Å². The van der Waals surface area contributed by atoms with E-state index in [0.29, 0.717) is 48.2 Å². The molecule has 47 heavy (non-hydrogen) atoms. The normalized spacial score (nSPS) is 14.4. The molecule has 0 aliphatic carbocycles. The molecule has 0 unspecified atom stereocenters. The van der Waals surface area contributed by atoms with Gasteiger partial charge in [-0.05, 0) is 66.1 Å². The first-order chi connectivity index (χ1) is 22.8. The van der Waals surface area contributed by atoms with Crippen molar-refractivity contribution in [2.75, 3.05) is 13.7 Å². The molecule has 238 valence electrons. The summed E-state index contributed by atoms with van der Waals surface area (Å²) in [5.41, 5.74) is 2.83. The van der Waals surface area contributed by atoms with Crippen molar-refractivity contribution in [3.05, 3.63) is 154 Å². The first kappa shape index (κ1) is 32.2. The average Bonchev–Trinajstić information content (AvgIpc) is 3.38. The molecule has 0 spiro atoms. The van der Waals surface area contributed by atoms with E-state index in [0.717, 1.165) is 16.9 Å². The van der Waals surface area contributed by atoms with Crippen molar-refractivity contribution in [2.45, 2.75) is 19.6 Å². The highest BCUT2D eigenvalue weighted by atomic mass is 35.5. The summed E-state index contributed by atoms with van der Waals surface area (Å²) >= 11 is 13.8. The minimum Gasteiger partial charge on any atom is -0.493 e. The van der Waals surface area contributed by atoms with Crippen LogP contribution in [-0.2, 0) is 16.1 Å². The Morgan fingerprint density at radius 3 is 2.43 bits per heavy atom. The number of esters is 1. The van der Waals surface area contributed by atoms with E-state index < -0.39 is 23.4 Å². The number of ether oxygens (including phenoxy) is 3. The van der Waals surface area contributed by atoms with E-state index >= 15 is 0 Å². The van der Waals surface area contributed by atoms with Gasteiger partial charge in [-0.1, -0.05) is 89.1 Å². The Bertz CT molecular complexity index is 2160. The lowest BCUT2D eigenvalue weighted by atomic mass is 9.93. The van der Waals surface area contributed by atoms with Crippen molar-refractivity contribution in [3.8, 4) is 11.5 Å². The van der Waals surface area contributed by atoms with Gasteiger partial charge in [-0.25, -0.2) is 14.2 Å². The number of halogens is 3. The fourth-order valence-electron chi connectivity index (χ4n) is 5.25. The third-order valence-electron chi connectivity index (χ3n) is 7.41. The molecule has 0 saturated carbocycles. The molecule has 0 saturated heterocycles. The number of benzene rings is 4. The first-order valence-electron chi connectivity index (χ1n) is 14.6. The molecule has 2 heterocycles. The summed E-state index contributed by atoms with van der Waals surface area (Å²) in [6.45, 7) is 2.06. The Hall–Kier alpha value is -4.70. The summed E-state index contributed by atoms with van der Waals surface area (Å²) in [6.07, 6.45) is 1.68. The lowest BCUT2D eigenvalue weighted by Crippen LogP contribution is -2.40. The van der Waals surface area contributed by atoms with Crippen LogP contribution >= 0.6 is 34.5 Å². The standard InChI is InChI=1S/C36H27Cl2FN2O5S/c1-3-45-35(43)30-31(23-7-5-4-6-8-23)40-36-41(32(30)24-11-15-26(39)16-12-24)34(42)29(47-36)19-22-17-27(38)33(28(18-22)44-2)46-20-21-9-13-25(37)14-10-21/h4-19,32H,3,20H2,1-2H3/b29-19-/t32-/m0/s1. The third kappa shape index (κ3) is 6.74. The van der Waals surface area contributed by atoms with Gasteiger partial charge in [-0.3, -0.25) is 9.36 Å². The van der Waals surface area contributed by atoms with E-state index in [1.54, 1.807) is 49.4 Å². The van der Waals surface area contributed by atoms with E-state index in [4.69, 9.17) is 42.4 Å². The predicted octanol–water partition coefficient (Wildman–Crippen LogP) is 6.97. The molecule has 0 bridgehead atoms. The Labute approximate surface area is 283 Å². The molecule has 11 heteroatoms. The molecule has 7 nitrogen and oxygen atoms in total. The van der Waals surface area contributed by atoms with Crippen LogP contribution in [0.2, 0.25) is 10.0 Å². The van der Waals surface area contributed by atoms with E-state index in [9.17, 15) is 14.0 Å². The Morgan fingerprint density at radius 1 is 1.02 bits per heavy atom. The molecule has 1 aliphatic rings. The lowest BCUT2D eigenvalue weighted by Gasteiger charge is -2.25. The number of nitrogens with zero attached hydrogens (tertiary/aromatic N) is 2. The molecule has 0 fully saturated rings. The number of rotatable bonds is 9. The minimum atomic E-state index is -0.926. The Kier molecular flexibility index (Phi) is 9.58. The summed E-state index contributed by atoms with van der Waals surface area (Å²) in [5, 5.41) is 0.911. The SMILES string of the molecule is CCOC(=O)C1=C(c2ccccc2)N=c2s/c(=C\c3cc(Cl)c(OCc4ccc(Cl)cc4)c(OC)c3)c(=O)n2[C@H]1c1ccc(F)cc1. The number of hydrogen-bond acceptors (Lipinski definition) is 7. The zero-order valence-electron chi connectivity index (χ0n) is 25.2. The van der Waals surface area contributed by atoms with Gasteiger partial charge in [0.05, 0.1) is 40.6 Å². The Morgan fingerprint density at radius 2 is 1.74 bits per heavy atom. The molecular formula is C36H27Cl2FN2O5S. The van der Waals surface area contributed by atoms with Gasteiger partial charge in [0.2, 0.25) is 0 Å². The maximum absolute atomic E-state index is 14.2. The van der Waals surface area contributed by atoms with Crippen LogP contribution < -0.4 is 24.4 Å². The molecule has 0 amide bonds. The molecule has 0 N–H and O–H groups in total. The molecule has 1 atom stereocenters. The van der Waals surface area contributed by atoms with Crippen LogP contribution in [0.3, 0.4) is 0 Å². The second-order valence-corrected chi connectivity index (χ2v) is 12.3. The topological polar surface area (TPSA) is 79.1 Å². The second-order valence-electron chi connectivity index (χ2n) is 10.4. The summed E-state index contributed by atoms with van der Waals surface area (Å²) in [7, 11) is 1.50. The molecule has 0 radical (unpaired) electrons. The maximum Gasteiger partial charge on any atom is 0.338 e. The maximum atomic E-state index is 14.2. The molecular weight excluding hydrogens is 662 g/mol. The van der Waals surface area contributed by atoms with Crippen LogP contribution in [0.15, 0.2) is 106 Å². The zero-order chi connectivity index (χ0) is 33.1. The molecule has 1 aromatic heterocycles. The quantitative estimate of drug-likeness (QED) is 0.156. The fraction of sp³-hybridized carbons (Fsp3) is 0.139. The number of carbonyl (C=O) groups excluding carboxylic acids is 1. The number of hydrogen-bond donors (Lipinski definition) is 0. The van der Waals surface area contributed by atoms with Crippen LogP contribution in [0, 0.1) is 5.82 Å². The van der Waals surface area contributed by atoms with E-state index in [1.807, 2.05) is 42.5 Å². The van der Waals surface area contributed by atoms with Crippen molar-refractivity contribution in [1.29, 1.82) is 0 Å². The lowest BCUT2D eigenvalue weighted by molar-refractivity contribution is -0.138. The summed E-state index contributed by atoms with van der Waals surface area (Å²) in [4.78, 5) is 32.9. The van der Waals surface area contributed by atoms with Crippen molar-refractivity contribution in [2.24, 2.45) is 4.99 Å².